The van der Waals surface area contributed by atoms with Crippen molar-refractivity contribution in [1.29, 1.82) is 5.41 Å². The van der Waals surface area contributed by atoms with E-state index in [0.717, 1.165) is 29.7 Å². The highest BCUT2D eigenvalue weighted by Crippen LogP contribution is 2.23. The van der Waals surface area contributed by atoms with Crippen LogP contribution >= 0.6 is 0 Å². The summed E-state index contributed by atoms with van der Waals surface area (Å²) in [6, 6.07) is 15.0. The van der Waals surface area contributed by atoms with Gasteiger partial charge in [0.25, 0.3) is 5.91 Å². The van der Waals surface area contributed by atoms with Gasteiger partial charge in [0, 0.05) is 35.7 Å². The number of rotatable bonds is 14. The van der Waals surface area contributed by atoms with Gasteiger partial charge < -0.3 is 19.1 Å². The minimum Gasteiger partial charge on any atom is -0.493 e. The zero-order valence-corrected chi connectivity index (χ0v) is 20.5. The number of unbranched alkanes of at least 4 members (excludes halogenated alkanes) is 1. The number of benzene rings is 2. The Labute approximate surface area is 203 Å². The lowest BCUT2D eigenvalue weighted by Gasteiger charge is -2.28. The molecule has 2 aromatic rings. The predicted molar refractivity (Wildman–Crippen MR) is 137 cm³/mol. The molecule has 0 aliphatic carbocycles. The summed E-state index contributed by atoms with van der Waals surface area (Å²) in [6.07, 6.45) is 3.59. The first-order chi connectivity index (χ1) is 16.4. The molecule has 0 bridgehead atoms. The number of carbonyl (C=O) groups excluding carboxylic acids is 1. The van der Waals surface area contributed by atoms with Crippen LogP contribution in [0.2, 0.25) is 0 Å². The highest BCUT2D eigenvalue weighted by atomic mass is 16.5. The molecule has 0 aliphatic rings. The smallest absolute Gasteiger partial charge is 0.254 e. The van der Waals surface area contributed by atoms with Crippen molar-refractivity contribution >= 4 is 17.6 Å². The largest absolute Gasteiger partial charge is 0.493 e. The lowest BCUT2D eigenvalue weighted by atomic mass is 10.1. The average Bonchev–Trinajstić information content (AvgIpc) is 2.83. The van der Waals surface area contributed by atoms with Crippen LogP contribution in [-0.4, -0.2) is 36.0 Å². The number of hydrogen-bond acceptors (Lipinski definition) is 5. The number of nitrogens with one attached hydrogen (secondary N) is 1. The minimum absolute atomic E-state index is 0.00359. The summed E-state index contributed by atoms with van der Waals surface area (Å²) in [4.78, 5) is 15.1. The molecule has 6 heteroatoms. The van der Waals surface area contributed by atoms with E-state index in [2.05, 4.69) is 13.2 Å². The Morgan fingerprint density at radius 1 is 1.09 bits per heavy atom. The summed E-state index contributed by atoms with van der Waals surface area (Å²) < 4.78 is 16.4. The van der Waals surface area contributed by atoms with Gasteiger partial charge in [-0.1, -0.05) is 43.5 Å². The van der Waals surface area contributed by atoms with Crippen LogP contribution in [0.5, 0.6) is 5.75 Å². The molecule has 2 rings (SSSR count). The van der Waals surface area contributed by atoms with E-state index in [1.807, 2.05) is 62.1 Å². The van der Waals surface area contributed by atoms with Gasteiger partial charge in [0.15, 0.2) is 5.90 Å². The molecule has 0 radical (unpaired) electrons. The van der Waals surface area contributed by atoms with Crippen LogP contribution in [0.4, 0.5) is 0 Å². The first-order valence-electron chi connectivity index (χ1n) is 11.7. The van der Waals surface area contributed by atoms with Gasteiger partial charge in [-0.3, -0.25) is 10.2 Å². The van der Waals surface area contributed by atoms with Crippen molar-refractivity contribution in [3.8, 4) is 5.75 Å². The Kier molecular flexibility index (Phi) is 10.9. The third kappa shape index (κ3) is 8.10. The molecule has 0 heterocycles. The molecule has 1 amide bonds. The molecule has 0 aromatic heterocycles. The Hall–Kier alpha value is -3.54. The number of amides is 1. The Morgan fingerprint density at radius 3 is 2.41 bits per heavy atom. The third-order valence-electron chi connectivity index (χ3n) is 5.25. The van der Waals surface area contributed by atoms with E-state index in [-0.39, 0.29) is 11.9 Å². The second-order valence-corrected chi connectivity index (χ2v) is 8.08. The quantitative estimate of drug-likeness (QED) is 0.151. The van der Waals surface area contributed by atoms with Gasteiger partial charge in [0.2, 0.25) is 0 Å². The summed E-state index contributed by atoms with van der Waals surface area (Å²) in [6.45, 7) is 14.8. The number of nitrogens with zero attached hydrogens (tertiary/aromatic N) is 1. The van der Waals surface area contributed by atoms with Gasteiger partial charge in [0.1, 0.15) is 11.5 Å². The molecule has 0 aliphatic heterocycles. The van der Waals surface area contributed by atoms with Crippen LogP contribution in [0.3, 0.4) is 0 Å². The van der Waals surface area contributed by atoms with Crippen LogP contribution in [0.25, 0.3) is 5.76 Å². The zero-order chi connectivity index (χ0) is 24.9. The van der Waals surface area contributed by atoms with Gasteiger partial charge in [0.05, 0.1) is 19.5 Å². The minimum atomic E-state index is -0.0546. The Morgan fingerprint density at radius 2 is 1.76 bits per heavy atom. The predicted octanol–water partition coefficient (Wildman–Crippen LogP) is 6.43. The maximum atomic E-state index is 13.3. The van der Waals surface area contributed by atoms with Crippen LogP contribution in [0.15, 0.2) is 68.0 Å². The number of ether oxygens (including phenoxy) is 3. The molecular formula is C28H36N2O4. The fourth-order valence-electron chi connectivity index (χ4n) is 3.40. The van der Waals surface area contributed by atoms with Crippen molar-refractivity contribution < 1.29 is 19.0 Å². The fraction of sp³-hybridized carbons (Fsp3) is 0.357. The van der Waals surface area contributed by atoms with Crippen molar-refractivity contribution in [3.63, 3.8) is 0 Å². The molecule has 0 spiro atoms. The number of hydrogen-bond donors (Lipinski definition) is 1. The molecule has 34 heavy (non-hydrogen) atoms. The molecule has 0 unspecified atom stereocenters. The van der Waals surface area contributed by atoms with Crippen molar-refractivity contribution in [3.05, 3.63) is 84.6 Å². The van der Waals surface area contributed by atoms with E-state index in [1.54, 1.807) is 12.1 Å². The summed E-state index contributed by atoms with van der Waals surface area (Å²) >= 11 is 0. The number of carbonyl (C=O) groups is 1. The van der Waals surface area contributed by atoms with Crippen molar-refractivity contribution in [2.75, 3.05) is 13.2 Å². The maximum Gasteiger partial charge on any atom is 0.254 e. The number of para-hydroxylation sites is 1. The standard InChI is InChI=1S/C28H36N2O4/c1-6-32-22(5)23-15-17-24(18-16-23)28(31)30(21(3)4)20-25-12-8-9-13-26(25)34-19-11-10-14-27(29)33-7-2/h6,8-9,12-13,15-18,21,29H,1,5,7,10-11,14,19-20H2,2-4H3. The lowest BCUT2D eigenvalue weighted by molar-refractivity contribution is 0.0688. The van der Waals surface area contributed by atoms with Gasteiger partial charge >= 0.3 is 0 Å². The summed E-state index contributed by atoms with van der Waals surface area (Å²) in [5.74, 6) is 1.52. The maximum absolute atomic E-state index is 13.3. The highest BCUT2D eigenvalue weighted by Gasteiger charge is 2.21. The van der Waals surface area contributed by atoms with Gasteiger partial charge in [-0.15, -0.1) is 0 Å². The lowest BCUT2D eigenvalue weighted by Crippen LogP contribution is -2.36. The first kappa shape index (κ1) is 26.7. The van der Waals surface area contributed by atoms with E-state index >= 15 is 0 Å². The Bertz CT molecular complexity index is 967. The summed E-state index contributed by atoms with van der Waals surface area (Å²) in [5.41, 5.74) is 2.35. The van der Waals surface area contributed by atoms with Gasteiger partial charge in [-0.2, -0.15) is 0 Å². The second kappa shape index (κ2) is 13.9. The molecule has 2 aromatic carbocycles. The Balaban J connectivity index is 2.04. The molecular weight excluding hydrogens is 428 g/mol. The topological polar surface area (TPSA) is 71.8 Å². The monoisotopic (exact) mass is 464 g/mol. The molecule has 0 fully saturated rings. The van der Waals surface area contributed by atoms with Crippen LogP contribution in [0.1, 0.15) is 61.5 Å². The normalized spacial score (nSPS) is 10.5. The van der Waals surface area contributed by atoms with E-state index in [0.29, 0.717) is 43.4 Å². The van der Waals surface area contributed by atoms with Crippen LogP contribution in [0, 0.1) is 5.41 Å². The second-order valence-electron chi connectivity index (χ2n) is 8.08. The third-order valence-corrected chi connectivity index (χ3v) is 5.25. The van der Waals surface area contributed by atoms with Gasteiger partial charge in [-0.05, 0) is 51.8 Å². The van der Waals surface area contributed by atoms with Gasteiger partial charge in [-0.25, -0.2) is 0 Å². The molecule has 0 atom stereocenters. The van der Waals surface area contributed by atoms with E-state index in [1.165, 1.54) is 6.26 Å². The van der Waals surface area contributed by atoms with E-state index < -0.39 is 0 Å². The average molecular weight is 465 g/mol. The fourth-order valence-corrected chi connectivity index (χ4v) is 3.40. The molecule has 182 valence electrons. The van der Waals surface area contributed by atoms with Crippen molar-refractivity contribution in [2.24, 2.45) is 0 Å². The highest BCUT2D eigenvalue weighted by molar-refractivity contribution is 5.94. The molecule has 6 nitrogen and oxygen atoms in total. The zero-order valence-electron chi connectivity index (χ0n) is 20.5. The van der Waals surface area contributed by atoms with E-state index in [4.69, 9.17) is 19.6 Å². The molecule has 1 N–H and O–H groups in total. The van der Waals surface area contributed by atoms with Crippen molar-refractivity contribution in [2.45, 2.75) is 52.6 Å². The molecule has 0 saturated carbocycles. The van der Waals surface area contributed by atoms with Crippen LogP contribution in [-0.2, 0) is 16.0 Å². The van der Waals surface area contributed by atoms with Crippen LogP contribution < -0.4 is 4.74 Å². The molecule has 0 saturated heterocycles. The summed E-state index contributed by atoms with van der Waals surface area (Å²) in [7, 11) is 0. The van der Waals surface area contributed by atoms with E-state index in [9.17, 15) is 4.79 Å². The SMILES string of the molecule is C=COC(=C)c1ccc(C(=O)N(Cc2ccccc2OCCCCC(=N)OCC)C(C)C)cc1. The first-order valence-corrected chi connectivity index (χ1v) is 11.7. The van der Waals surface area contributed by atoms with Crippen molar-refractivity contribution in [1.82, 2.24) is 4.90 Å². The summed E-state index contributed by atoms with van der Waals surface area (Å²) in [5, 5.41) is 7.69.